The molecule has 26 heavy (non-hydrogen) atoms. The van der Waals surface area contributed by atoms with E-state index in [4.69, 9.17) is 4.74 Å². The Morgan fingerprint density at radius 2 is 1.85 bits per heavy atom. The smallest absolute Gasteiger partial charge is 0.337 e. The van der Waals surface area contributed by atoms with E-state index in [1.54, 1.807) is 30.5 Å². The van der Waals surface area contributed by atoms with Crippen LogP contribution in [0.25, 0.3) is 0 Å². The first-order valence-corrected chi connectivity index (χ1v) is 8.79. The van der Waals surface area contributed by atoms with Gasteiger partial charge in [-0.1, -0.05) is 25.5 Å². The Labute approximate surface area is 151 Å². The molecule has 2 aliphatic rings. The number of nitrogens with zero attached hydrogens (tertiary/aromatic N) is 2. The molecule has 1 fully saturated rings. The summed E-state index contributed by atoms with van der Waals surface area (Å²) in [6, 6.07) is 13.5. The number of para-hydroxylation sites is 2. The normalized spacial score (nSPS) is 18.1. The topological polar surface area (TPSA) is 63.8 Å². The number of urea groups is 1. The molecular formula is C20H20N3O3+. The van der Waals surface area contributed by atoms with Crippen LogP contribution in [0.15, 0.2) is 48.5 Å². The number of rotatable bonds is 5. The summed E-state index contributed by atoms with van der Waals surface area (Å²) in [6.07, 6.45) is 3.71. The van der Waals surface area contributed by atoms with E-state index in [2.05, 4.69) is 11.9 Å². The summed E-state index contributed by atoms with van der Waals surface area (Å²) in [6.45, 7) is 2.76. The molecule has 1 N–H and O–H groups in total. The van der Waals surface area contributed by atoms with Crippen LogP contribution in [0.2, 0.25) is 0 Å². The quantitative estimate of drug-likeness (QED) is 0.663. The SMILES string of the molecule is CCCCOc1ccc(N2C(=O)C3C=[NH+]c4ccccc4N3C2=O)cc1. The van der Waals surface area contributed by atoms with E-state index in [1.807, 2.05) is 24.3 Å². The number of hydrogen-bond donors (Lipinski definition) is 1. The number of imide groups is 1. The van der Waals surface area contributed by atoms with Gasteiger partial charge in [0.2, 0.25) is 5.69 Å². The van der Waals surface area contributed by atoms with Crippen LogP contribution in [0, 0.1) is 0 Å². The molecule has 0 radical (unpaired) electrons. The van der Waals surface area contributed by atoms with Crippen LogP contribution in [-0.4, -0.2) is 30.8 Å². The summed E-state index contributed by atoms with van der Waals surface area (Å²) in [5.74, 6) is 0.467. The summed E-state index contributed by atoms with van der Waals surface area (Å²) in [5.41, 5.74) is 2.06. The molecule has 2 aromatic rings. The van der Waals surface area contributed by atoms with Crippen molar-refractivity contribution >= 4 is 35.2 Å². The molecule has 1 saturated heterocycles. The van der Waals surface area contributed by atoms with E-state index in [1.165, 1.54) is 9.80 Å². The van der Waals surface area contributed by atoms with Crippen LogP contribution in [0.3, 0.4) is 0 Å². The zero-order valence-electron chi connectivity index (χ0n) is 14.5. The maximum absolute atomic E-state index is 13.0. The van der Waals surface area contributed by atoms with Crippen molar-refractivity contribution in [2.24, 2.45) is 0 Å². The molecule has 0 saturated carbocycles. The van der Waals surface area contributed by atoms with Crippen LogP contribution in [-0.2, 0) is 4.79 Å². The van der Waals surface area contributed by atoms with Crippen molar-refractivity contribution in [3.8, 4) is 5.75 Å². The molecular weight excluding hydrogens is 330 g/mol. The monoisotopic (exact) mass is 350 g/mol. The summed E-state index contributed by atoms with van der Waals surface area (Å²) in [7, 11) is 0. The van der Waals surface area contributed by atoms with Crippen molar-refractivity contribution in [1.82, 2.24) is 0 Å². The molecule has 1 unspecified atom stereocenters. The van der Waals surface area contributed by atoms with Crippen molar-refractivity contribution in [3.63, 3.8) is 0 Å². The number of carbonyl (C=O) groups is 2. The minimum Gasteiger partial charge on any atom is -0.494 e. The molecule has 0 aliphatic carbocycles. The van der Waals surface area contributed by atoms with Gasteiger partial charge in [-0.05, 0) is 36.8 Å². The molecule has 0 bridgehead atoms. The fourth-order valence-corrected chi connectivity index (χ4v) is 3.20. The molecule has 1 atom stereocenters. The molecule has 4 rings (SSSR count). The maximum Gasteiger partial charge on any atom is 0.337 e. The third-order valence-electron chi connectivity index (χ3n) is 4.57. The molecule has 132 valence electrons. The van der Waals surface area contributed by atoms with Gasteiger partial charge in [-0.3, -0.25) is 9.69 Å². The highest BCUT2D eigenvalue weighted by Crippen LogP contribution is 2.33. The van der Waals surface area contributed by atoms with Gasteiger partial charge in [0, 0.05) is 6.07 Å². The highest BCUT2D eigenvalue weighted by Gasteiger charge is 2.50. The molecule has 0 spiro atoms. The van der Waals surface area contributed by atoms with Gasteiger partial charge < -0.3 is 4.74 Å². The van der Waals surface area contributed by atoms with E-state index >= 15 is 0 Å². The average Bonchev–Trinajstić information content (AvgIpc) is 2.93. The first-order valence-electron chi connectivity index (χ1n) is 8.79. The second-order valence-electron chi connectivity index (χ2n) is 6.30. The van der Waals surface area contributed by atoms with Crippen LogP contribution < -0.4 is 19.5 Å². The second kappa shape index (κ2) is 6.63. The number of benzene rings is 2. The molecule has 2 aromatic carbocycles. The highest BCUT2D eigenvalue weighted by molar-refractivity contribution is 6.33. The van der Waals surface area contributed by atoms with Gasteiger partial charge in [0.25, 0.3) is 5.91 Å². The standard InChI is InChI=1S/C20H19N3O3/c1-2-3-12-26-15-10-8-14(9-11-15)22-19(24)18-13-21-16-6-4-5-7-17(16)23(18)20(22)25/h4-11,13,18H,2-3,12H2,1H3/p+1. The van der Waals surface area contributed by atoms with Gasteiger partial charge in [-0.25, -0.2) is 14.7 Å². The van der Waals surface area contributed by atoms with E-state index < -0.39 is 6.04 Å². The van der Waals surface area contributed by atoms with Crippen LogP contribution >= 0.6 is 0 Å². The Hall–Kier alpha value is -3.15. The Balaban J connectivity index is 1.60. The summed E-state index contributed by atoms with van der Waals surface area (Å²) >= 11 is 0. The molecule has 2 aliphatic heterocycles. The van der Waals surface area contributed by atoms with Gasteiger partial charge >= 0.3 is 6.03 Å². The van der Waals surface area contributed by atoms with Crippen LogP contribution in [0.1, 0.15) is 19.8 Å². The van der Waals surface area contributed by atoms with E-state index in [0.29, 0.717) is 18.0 Å². The number of fused-ring (bicyclic) bond motifs is 3. The lowest BCUT2D eigenvalue weighted by molar-refractivity contribution is -0.350. The van der Waals surface area contributed by atoms with E-state index in [9.17, 15) is 9.59 Å². The number of nitrogens with one attached hydrogen (secondary N) is 1. The summed E-state index contributed by atoms with van der Waals surface area (Å²) in [5, 5.41) is 0. The van der Waals surface area contributed by atoms with Gasteiger partial charge in [0.1, 0.15) is 11.4 Å². The average molecular weight is 350 g/mol. The zero-order chi connectivity index (χ0) is 18.1. The van der Waals surface area contributed by atoms with Crippen molar-refractivity contribution in [3.05, 3.63) is 48.5 Å². The Kier molecular flexibility index (Phi) is 4.16. The van der Waals surface area contributed by atoms with Gasteiger partial charge in [-0.2, -0.15) is 0 Å². The first kappa shape index (κ1) is 16.3. The van der Waals surface area contributed by atoms with Crippen molar-refractivity contribution < 1.29 is 19.3 Å². The molecule has 0 aromatic heterocycles. The molecule has 6 nitrogen and oxygen atoms in total. The number of ether oxygens (including phenoxy) is 1. The van der Waals surface area contributed by atoms with E-state index in [-0.39, 0.29) is 11.9 Å². The van der Waals surface area contributed by atoms with Gasteiger partial charge in [0.05, 0.1) is 12.3 Å². The lowest BCUT2D eigenvalue weighted by Gasteiger charge is -2.20. The summed E-state index contributed by atoms with van der Waals surface area (Å²) in [4.78, 5) is 31.6. The highest BCUT2D eigenvalue weighted by atomic mass is 16.5. The number of unbranched alkanes of at least 4 members (excludes halogenated alkanes) is 1. The Morgan fingerprint density at radius 3 is 2.62 bits per heavy atom. The number of amides is 3. The zero-order valence-corrected chi connectivity index (χ0v) is 14.5. The fraction of sp³-hybridized carbons (Fsp3) is 0.250. The van der Waals surface area contributed by atoms with Crippen LogP contribution in [0.4, 0.5) is 21.9 Å². The largest absolute Gasteiger partial charge is 0.494 e. The van der Waals surface area contributed by atoms with Crippen LogP contribution in [0.5, 0.6) is 5.75 Å². The van der Waals surface area contributed by atoms with Gasteiger partial charge in [-0.15, -0.1) is 0 Å². The lowest BCUT2D eigenvalue weighted by atomic mass is 10.1. The summed E-state index contributed by atoms with van der Waals surface area (Å²) < 4.78 is 5.64. The number of anilines is 2. The number of carbonyl (C=O) groups excluding carboxylic acids is 2. The van der Waals surface area contributed by atoms with Crippen molar-refractivity contribution in [1.29, 1.82) is 0 Å². The van der Waals surface area contributed by atoms with Crippen molar-refractivity contribution in [2.45, 2.75) is 25.8 Å². The molecule has 3 amide bonds. The van der Waals surface area contributed by atoms with Crippen molar-refractivity contribution in [2.75, 3.05) is 16.4 Å². The first-order chi connectivity index (χ1) is 12.7. The predicted molar refractivity (Wildman–Crippen MR) is 99.1 cm³/mol. The maximum atomic E-state index is 13.0. The second-order valence-corrected chi connectivity index (χ2v) is 6.30. The predicted octanol–water partition coefficient (Wildman–Crippen LogP) is 2.00. The minimum absolute atomic E-state index is 0.267. The minimum atomic E-state index is -0.641. The molecule has 6 heteroatoms. The number of hydrogen-bond acceptors (Lipinski definition) is 3. The third-order valence-corrected chi connectivity index (χ3v) is 4.57. The fourth-order valence-electron chi connectivity index (χ4n) is 3.20. The van der Waals surface area contributed by atoms with E-state index in [0.717, 1.165) is 24.3 Å². The Morgan fingerprint density at radius 1 is 1.08 bits per heavy atom. The Bertz CT molecular complexity index is 876. The molecule has 2 heterocycles. The lowest BCUT2D eigenvalue weighted by Crippen LogP contribution is -2.69. The third kappa shape index (κ3) is 2.63. The van der Waals surface area contributed by atoms with Gasteiger partial charge in [0.15, 0.2) is 12.3 Å².